The van der Waals surface area contributed by atoms with E-state index >= 15 is 0 Å². The summed E-state index contributed by atoms with van der Waals surface area (Å²) in [5, 5.41) is 9.44. The molecule has 0 aromatic heterocycles. The number of hydrogen-bond donors (Lipinski definition) is 3. The zero-order valence-electron chi connectivity index (χ0n) is 14.5. The topological polar surface area (TPSA) is 124 Å². The lowest BCUT2D eigenvalue weighted by Crippen LogP contribution is -2.52. The van der Waals surface area contributed by atoms with Crippen molar-refractivity contribution < 1.29 is 14.4 Å². The highest BCUT2D eigenvalue weighted by molar-refractivity contribution is 5.34. The Morgan fingerprint density at radius 2 is 1.42 bits per heavy atom. The summed E-state index contributed by atoms with van der Waals surface area (Å²) in [5.41, 5.74) is -0.469. The molecule has 0 bridgehead atoms. The summed E-state index contributed by atoms with van der Waals surface area (Å²) in [6.07, 6.45) is 6.63. The molecule has 0 fully saturated rings. The summed E-state index contributed by atoms with van der Waals surface area (Å²) in [6.45, 7) is 0.879. The first-order valence-corrected chi connectivity index (χ1v) is 7.75. The zero-order chi connectivity index (χ0) is 18.3. The third-order valence-electron chi connectivity index (χ3n) is 4.15. The Morgan fingerprint density at radius 3 is 1.88 bits per heavy atom. The fourth-order valence-electron chi connectivity index (χ4n) is 2.54. The Hall–Kier alpha value is -1.98. The number of isocyanates is 3. The van der Waals surface area contributed by atoms with Crippen LogP contribution in [0.3, 0.4) is 0 Å². The molecule has 3 unspecified atom stereocenters. The van der Waals surface area contributed by atoms with E-state index in [0.717, 1.165) is 0 Å². The first kappa shape index (κ1) is 22.0. The number of carbonyl (C=O) groups excluding carboxylic acids is 3. The largest absolute Gasteiger partial charge is 0.315 e. The fourth-order valence-corrected chi connectivity index (χ4v) is 2.54. The van der Waals surface area contributed by atoms with Crippen LogP contribution in [0.4, 0.5) is 0 Å². The maximum atomic E-state index is 10.6. The average Bonchev–Trinajstić information content (AvgIpc) is 2.62. The molecule has 24 heavy (non-hydrogen) atoms. The van der Waals surface area contributed by atoms with Crippen molar-refractivity contribution in [1.82, 2.24) is 16.0 Å². The van der Waals surface area contributed by atoms with Gasteiger partial charge in [0.2, 0.25) is 18.2 Å². The van der Waals surface area contributed by atoms with Crippen LogP contribution in [0.25, 0.3) is 0 Å². The van der Waals surface area contributed by atoms with E-state index in [2.05, 4.69) is 30.9 Å². The molecule has 9 nitrogen and oxygen atoms in total. The van der Waals surface area contributed by atoms with Crippen molar-refractivity contribution in [1.29, 1.82) is 0 Å². The third kappa shape index (κ3) is 8.60. The minimum atomic E-state index is -0.469. The minimum absolute atomic E-state index is 0.0143. The van der Waals surface area contributed by atoms with Gasteiger partial charge < -0.3 is 16.0 Å². The van der Waals surface area contributed by atoms with Crippen LogP contribution in [0.1, 0.15) is 19.3 Å². The number of aliphatic imine (C=N–C) groups is 3. The third-order valence-corrected chi connectivity index (χ3v) is 4.15. The Kier molecular flexibility index (Phi) is 12.3. The van der Waals surface area contributed by atoms with Crippen molar-refractivity contribution in [2.75, 3.05) is 40.8 Å². The van der Waals surface area contributed by atoms with Crippen LogP contribution in [0.5, 0.6) is 0 Å². The number of likely N-dealkylation sites (N-methyl/N-ethyl adjacent to an activating group) is 3. The fraction of sp³-hybridized carbons (Fsp3) is 0.800. The summed E-state index contributed by atoms with van der Waals surface area (Å²) < 4.78 is 0. The maximum absolute atomic E-state index is 10.6. The molecule has 0 spiro atoms. The van der Waals surface area contributed by atoms with Crippen LogP contribution in [0.15, 0.2) is 15.0 Å². The normalized spacial score (nSPS) is 15.1. The monoisotopic (exact) mass is 338 g/mol. The van der Waals surface area contributed by atoms with Gasteiger partial charge in [0.15, 0.2) is 0 Å². The summed E-state index contributed by atoms with van der Waals surface area (Å²) >= 11 is 0. The Labute approximate surface area is 142 Å². The molecule has 9 heteroatoms. The van der Waals surface area contributed by atoms with Gasteiger partial charge >= 0.3 is 0 Å². The molecule has 134 valence electrons. The Morgan fingerprint density at radius 1 is 0.875 bits per heavy atom. The lowest BCUT2D eigenvalue weighted by atomic mass is 9.85. The van der Waals surface area contributed by atoms with Crippen molar-refractivity contribution in [3.63, 3.8) is 0 Å². The molecule has 0 heterocycles. The van der Waals surface area contributed by atoms with Crippen molar-refractivity contribution >= 4 is 18.2 Å². The first-order chi connectivity index (χ1) is 11.6. The predicted molar refractivity (Wildman–Crippen MR) is 90.3 cm³/mol. The predicted octanol–water partition coefficient (Wildman–Crippen LogP) is -0.702. The molecule has 0 saturated carbocycles. The van der Waals surface area contributed by atoms with Crippen LogP contribution in [-0.2, 0) is 14.4 Å². The van der Waals surface area contributed by atoms with E-state index in [0.29, 0.717) is 32.4 Å². The molecule has 0 aliphatic rings. The lowest BCUT2D eigenvalue weighted by molar-refractivity contribution is 0.260. The quantitative estimate of drug-likeness (QED) is 0.284. The lowest BCUT2D eigenvalue weighted by Gasteiger charge is -2.35. The van der Waals surface area contributed by atoms with Crippen LogP contribution >= 0.6 is 0 Å². The van der Waals surface area contributed by atoms with Crippen LogP contribution < -0.4 is 16.0 Å². The van der Waals surface area contributed by atoms with E-state index in [4.69, 9.17) is 0 Å². The standard InChI is InChI=1S/C15H26N6O3/c1-16-13(7-19-10-22)4-5-15(18-3,9-21-12-24)6-14(17-2)8-20-11-23/h13-14,16-18H,4-9H2,1-3H3. The van der Waals surface area contributed by atoms with Crippen molar-refractivity contribution in [2.45, 2.75) is 36.9 Å². The highest BCUT2D eigenvalue weighted by Gasteiger charge is 2.31. The van der Waals surface area contributed by atoms with Gasteiger partial charge in [-0.15, -0.1) is 0 Å². The average molecular weight is 338 g/mol. The molecular formula is C15H26N6O3. The van der Waals surface area contributed by atoms with E-state index < -0.39 is 5.54 Å². The molecule has 0 aromatic carbocycles. The number of hydrogen-bond acceptors (Lipinski definition) is 9. The molecule has 0 aliphatic carbocycles. The minimum Gasteiger partial charge on any atom is -0.315 e. The van der Waals surface area contributed by atoms with Crippen molar-refractivity contribution in [3.8, 4) is 0 Å². The second kappa shape index (κ2) is 13.5. The smallest absolute Gasteiger partial charge is 0.235 e. The van der Waals surface area contributed by atoms with Crippen LogP contribution in [0, 0.1) is 0 Å². The van der Waals surface area contributed by atoms with Gasteiger partial charge in [0, 0.05) is 17.6 Å². The van der Waals surface area contributed by atoms with Gasteiger partial charge in [0.1, 0.15) is 0 Å². The summed E-state index contributed by atoms with van der Waals surface area (Å²) in [7, 11) is 5.38. The molecule has 3 N–H and O–H groups in total. The first-order valence-electron chi connectivity index (χ1n) is 7.75. The number of nitrogens with one attached hydrogen (secondary N) is 3. The molecule has 0 saturated heterocycles. The number of nitrogens with zero attached hydrogens (tertiary/aromatic N) is 3. The van der Waals surface area contributed by atoms with Gasteiger partial charge in [-0.3, -0.25) is 0 Å². The van der Waals surface area contributed by atoms with Gasteiger partial charge in [-0.2, -0.15) is 0 Å². The molecule has 0 radical (unpaired) electrons. The molecule has 0 rings (SSSR count). The van der Waals surface area contributed by atoms with Gasteiger partial charge in [0.05, 0.1) is 19.6 Å². The molecule has 0 aromatic rings. The maximum Gasteiger partial charge on any atom is 0.235 e. The van der Waals surface area contributed by atoms with Gasteiger partial charge in [-0.05, 0) is 40.4 Å². The Balaban J connectivity index is 5.11. The van der Waals surface area contributed by atoms with Crippen LogP contribution in [0.2, 0.25) is 0 Å². The van der Waals surface area contributed by atoms with Gasteiger partial charge in [0.25, 0.3) is 0 Å². The summed E-state index contributed by atoms with van der Waals surface area (Å²) in [5.74, 6) is 0. The van der Waals surface area contributed by atoms with E-state index in [9.17, 15) is 14.4 Å². The van der Waals surface area contributed by atoms with Crippen molar-refractivity contribution in [3.05, 3.63) is 0 Å². The molecule has 3 atom stereocenters. The van der Waals surface area contributed by atoms with Gasteiger partial charge in [-0.1, -0.05) is 0 Å². The van der Waals surface area contributed by atoms with E-state index in [-0.39, 0.29) is 18.6 Å². The van der Waals surface area contributed by atoms with E-state index in [1.54, 1.807) is 27.2 Å². The molecule has 0 amide bonds. The second-order valence-corrected chi connectivity index (χ2v) is 5.52. The Bertz CT molecular complexity index is 495. The highest BCUT2D eigenvalue weighted by Crippen LogP contribution is 2.22. The molecule has 0 aliphatic heterocycles. The summed E-state index contributed by atoms with van der Waals surface area (Å²) in [4.78, 5) is 42.1. The van der Waals surface area contributed by atoms with E-state index in [1.807, 2.05) is 0 Å². The molecular weight excluding hydrogens is 312 g/mol. The van der Waals surface area contributed by atoms with Crippen molar-refractivity contribution in [2.24, 2.45) is 15.0 Å². The van der Waals surface area contributed by atoms with Gasteiger partial charge in [-0.25, -0.2) is 29.4 Å². The number of rotatable bonds is 14. The SMILES string of the molecule is CNC(CCC(CN=C=O)(CC(CN=C=O)NC)NC)CN=C=O. The van der Waals surface area contributed by atoms with E-state index in [1.165, 1.54) is 12.2 Å². The highest BCUT2D eigenvalue weighted by atomic mass is 16.1. The zero-order valence-corrected chi connectivity index (χ0v) is 14.5. The summed E-state index contributed by atoms with van der Waals surface area (Å²) in [6, 6.07) is -0.0535. The second-order valence-electron chi connectivity index (χ2n) is 5.52. The van der Waals surface area contributed by atoms with Crippen LogP contribution in [-0.4, -0.2) is 76.6 Å².